The van der Waals surface area contributed by atoms with E-state index in [0.717, 1.165) is 88.5 Å². The van der Waals surface area contributed by atoms with Gasteiger partial charge in [0.15, 0.2) is 3.92 Å². The van der Waals surface area contributed by atoms with Crippen molar-refractivity contribution >= 4 is 55.8 Å². The van der Waals surface area contributed by atoms with Crippen molar-refractivity contribution in [2.24, 2.45) is 0 Å². The summed E-state index contributed by atoms with van der Waals surface area (Å²) in [7, 11) is 0. The predicted octanol–water partition coefficient (Wildman–Crippen LogP) is 11.5. The van der Waals surface area contributed by atoms with Gasteiger partial charge in [-0.15, -0.1) is 34.0 Å². The molecule has 9 nitrogen and oxygen atoms in total. The van der Waals surface area contributed by atoms with E-state index in [1.807, 2.05) is 5.51 Å². The first-order valence-electron chi connectivity index (χ1n) is 19.5. The third kappa shape index (κ3) is 10.3. The molecule has 7 heterocycles. The van der Waals surface area contributed by atoms with Gasteiger partial charge in [0.1, 0.15) is 23.1 Å². The molecule has 0 aliphatic carbocycles. The fourth-order valence-electron chi connectivity index (χ4n) is 7.34. The van der Waals surface area contributed by atoms with Crippen molar-refractivity contribution in [1.82, 2.24) is 24.9 Å². The second-order valence-corrected chi connectivity index (χ2v) is 18.3. The highest BCUT2D eigenvalue weighted by Crippen LogP contribution is 2.36. The smallest absolute Gasteiger partial charge is 0.319 e. The largest absolute Gasteiger partial charge is 0.461 e. The van der Waals surface area contributed by atoms with Crippen LogP contribution in [0.5, 0.6) is 6.01 Å². The number of ether oxygens (including phenoxy) is 3. The maximum Gasteiger partial charge on any atom is 0.319 e. The standard InChI is InChI=1S/C25H28N4O3S.C10H8BrNS.C10H9NS/c1-16-4-2-5-17(12-16)20-15-33-24(26-20)19-13-23(29-9-7-22-21(29)8-11-31-22)28-25(27-19)32-14-18-6-3-10-30-18;1-7-3-2-4-8(5-7)9-6-13-10(11)12-9;1-8-3-2-4-9(5-8)10-6-12-7-11-10/h2,4-5,12-13,15,18,21-22H,3,6-11,14H2,1H3;2-6H,1H3;2-7H,1H3/t18?,21-,22-;;/m1../s1. The normalized spacial score (nSPS) is 18.3. The van der Waals surface area contributed by atoms with Crippen molar-refractivity contribution < 1.29 is 14.2 Å². The van der Waals surface area contributed by atoms with Crippen LogP contribution < -0.4 is 9.64 Å². The molecule has 3 aliphatic heterocycles. The molecule has 0 bridgehead atoms. The van der Waals surface area contributed by atoms with E-state index in [1.165, 1.54) is 27.8 Å². The molecule has 1 unspecified atom stereocenters. The Bertz CT molecular complexity index is 2410. The van der Waals surface area contributed by atoms with Gasteiger partial charge in [-0.1, -0.05) is 71.3 Å². The number of hydrogen-bond acceptors (Lipinski definition) is 12. The second kappa shape index (κ2) is 19.1. The van der Waals surface area contributed by atoms with Crippen molar-refractivity contribution in [3.63, 3.8) is 0 Å². The number of halogens is 1. The summed E-state index contributed by atoms with van der Waals surface area (Å²) >= 11 is 8.20. The Morgan fingerprint density at radius 3 is 2.02 bits per heavy atom. The Morgan fingerprint density at radius 2 is 1.40 bits per heavy atom. The molecule has 10 rings (SSSR count). The minimum atomic E-state index is 0.118. The predicted molar refractivity (Wildman–Crippen MR) is 240 cm³/mol. The number of rotatable bonds is 8. The first-order valence-corrected chi connectivity index (χ1v) is 23.0. The molecule has 7 aromatic rings. The fourth-order valence-corrected chi connectivity index (χ4v) is 9.71. The number of nitrogens with zero attached hydrogens (tertiary/aromatic N) is 6. The van der Waals surface area contributed by atoms with Crippen LogP contribution in [0.3, 0.4) is 0 Å². The molecule has 3 saturated heterocycles. The molecule has 4 aromatic heterocycles. The second-order valence-electron chi connectivity index (χ2n) is 14.6. The monoisotopic (exact) mass is 892 g/mol. The summed E-state index contributed by atoms with van der Waals surface area (Å²) in [5.41, 5.74) is 13.0. The third-order valence-corrected chi connectivity index (χ3v) is 13.0. The number of benzene rings is 3. The minimum absolute atomic E-state index is 0.118. The van der Waals surface area contributed by atoms with E-state index in [0.29, 0.717) is 24.8 Å². The molecule has 0 amide bonds. The quantitative estimate of drug-likeness (QED) is 0.148. The molecule has 13 heteroatoms. The lowest BCUT2D eigenvalue weighted by Crippen LogP contribution is -2.32. The Morgan fingerprint density at radius 1 is 0.707 bits per heavy atom. The lowest BCUT2D eigenvalue weighted by molar-refractivity contribution is 0.0646. The molecule has 3 aromatic carbocycles. The zero-order valence-corrected chi connectivity index (χ0v) is 36.8. The van der Waals surface area contributed by atoms with Crippen LogP contribution in [0.25, 0.3) is 44.5 Å². The zero-order chi connectivity index (χ0) is 39.8. The zero-order valence-electron chi connectivity index (χ0n) is 32.7. The minimum Gasteiger partial charge on any atom is -0.461 e. The van der Waals surface area contributed by atoms with Crippen LogP contribution in [0, 0.1) is 20.8 Å². The summed E-state index contributed by atoms with van der Waals surface area (Å²) < 4.78 is 18.6. The summed E-state index contributed by atoms with van der Waals surface area (Å²) in [6.45, 7) is 9.31. The molecule has 3 atom stereocenters. The Labute approximate surface area is 360 Å². The molecular weight excluding hydrogens is 849 g/mol. The lowest BCUT2D eigenvalue weighted by atomic mass is 10.1. The third-order valence-electron chi connectivity index (χ3n) is 10.2. The maximum absolute atomic E-state index is 6.04. The van der Waals surface area contributed by atoms with Crippen LogP contribution in [0.1, 0.15) is 42.4 Å². The average molecular weight is 894 g/mol. The van der Waals surface area contributed by atoms with Crippen LogP contribution in [0.15, 0.2) is 104 Å². The number of fused-ring (bicyclic) bond motifs is 1. The molecule has 3 fully saturated rings. The Balaban J connectivity index is 0.000000153. The summed E-state index contributed by atoms with van der Waals surface area (Å²) in [6.07, 6.45) is 4.58. The molecule has 0 N–H and O–H groups in total. The van der Waals surface area contributed by atoms with E-state index >= 15 is 0 Å². The first-order chi connectivity index (χ1) is 28.3. The Kier molecular flexibility index (Phi) is 13.3. The van der Waals surface area contributed by atoms with Gasteiger partial charge in [0.2, 0.25) is 0 Å². The number of aromatic nitrogens is 5. The van der Waals surface area contributed by atoms with Gasteiger partial charge in [-0.2, -0.15) is 9.97 Å². The van der Waals surface area contributed by atoms with E-state index in [4.69, 9.17) is 29.2 Å². The van der Waals surface area contributed by atoms with Crippen molar-refractivity contribution in [1.29, 1.82) is 0 Å². The van der Waals surface area contributed by atoms with Gasteiger partial charge in [-0.3, -0.25) is 0 Å². The van der Waals surface area contributed by atoms with Crippen molar-refractivity contribution in [3.8, 4) is 50.5 Å². The lowest BCUT2D eigenvalue weighted by Gasteiger charge is -2.24. The van der Waals surface area contributed by atoms with Crippen molar-refractivity contribution in [2.45, 2.75) is 64.7 Å². The summed E-state index contributed by atoms with van der Waals surface area (Å²) in [5, 5.41) is 7.08. The van der Waals surface area contributed by atoms with Gasteiger partial charge in [0.25, 0.3) is 0 Å². The van der Waals surface area contributed by atoms with Gasteiger partial charge >= 0.3 is 6.01 Å². The highest BCUT2D eigenvalue weighted by atomic mass is 79.9. The van der Waals surface area contributed by atoms with E-state index in [1.54, 1.807) is 34.0 Å². The molecule has 58 heavy (non-hydrogen) atoms. The number of thiazole rings is 3. The van der Waals surface area contributed by atoms with E-state index in [-0.39, 0.29) is 6.10 Å². The van der Waals surface area contributed by atoms with Gasteiger partial charge in [-0.25, -0.2) is 15.0 Å². The number of anilines is 1. The highest BCUT2D eigenvalue weighted by Gasteiger charge is 2.39. The topological polar surface area (TPSA) is 95.4 Å². The maximum atomic E-state index is 6.04. The average Bonchev–Trinajstić information content (AvgIpc) is 4.09. The molecular formula is C45H45BrN6O3S3. The van der Waals surface area contributed by atoms with E-state index in [9.17, 15) is 0 Å². The molecule has 0 radical (unpaired) electrons. The fraction of sp³-hybridized carbons (Fsp3) is 0.311. The van der Waals surface area contributed by atoms with Crippen molar-refractivity contribution in [3.05, 3.63) is 121 Å². The van der Waals surface area contributed by atoms with Crippen LogP contribution in [0.2, 0.25) is 0 Å². The first kappa shape index (κ1) is 40.4. The molecule has 3 aliphatic rings. The molecule has 0 saturated carbocycles. The van der Waals surface area contributed by atoms with Crippen LogP contribution in [-0.2, 0) is 9.47 Å². The molecule has 0 spiro atoms. The Hall–Kier alpha value is -4.37. The van der Waals surface area contributed by atoms with Crippen LogP contribution in [-0.4, -0.2) is 69.5 Å². The van der Waals surface area contributed by atoms with Crippen molar-refractivity contribution in [2.75, 3.05) is 31.3 Å². The van der Waals surface area contributed by atoms with Crippen LogP contribution in [0.4, 0.5) is 5.82 Å². The van der Waals surface area contributed by atoms with Gasteiger partial charge in [0, 0.05) is 58.7 Å². The van der Waals surface area contributed by atoms with Gasteiger partial charge < -0.3 is 19.1 Å². The number of aryl methyl sites for hydroxylation is 3. The van der Waals surface area contributed by atoms with Gasteiger partial charge in [-0.05, 0) is 80.6 Å². The number of hydrogen-bond donors (Lipinski definition) is 0. The molecule has 298 valence electrons. The van der Waals surface area contributed by atoms with E-state index in [2.05, 4.69) is 147 Å². The summed E-state index contributed by atoms with van der Waals surface area (Å²) in [5.74, 6) is 0.896. The highest BCUT2D eigenvalue weighted by molar-refractivity contribution is 9.11. The van der Waals surface area contributed by atoms with E-state index < -0.39 is 0 Å². The SMILES string of the molecule is Cc1cccc(-c2csc(-c3cc(N4CC[C@H]5OCC[C@H]54)nc(OCC4CCCO4)n3)n2)c1.Cc1cccc(-c2csc(Br)n2)c1.Cc1cccc(-c2cscn2)c1. The van der Waals surface area contributed by atoms with Crippen LogP contribution >= 0.6 is 49.9 Å². The van der Waals surface area contributed by atoms with Gasteiger partial charge in [0.05, 0.1) is 40.8 Å². The summed E-state index contributed by atoms with van der Waals surface area (Å²) in [6, 6.07) is 28.0. The summed E-state index contributed by atoms with van der Waals surface area (Å²) in [4.78, 5) is 25.4.